The van der Waals surface area contributed by atoms with Gasteiger partial charge in [-0.2, -0.15) is 0 Å². The number of aliphatic hydroxyl groups excluding tert-OH is 1. The van der Waals surface area contributed by atoms with Gasteiger partial charge in [0.05, 0.1) is 33.1 Å². The van der Waals surface area contributed by atoms with Crippen LogP contribution < -0.4 is 10.1 Å². The molecule has 9 nitrogen and oxygen atoms in total. The molecule has 2 aliphatic rings. The number of pyridine rings is 2. The van der Waals surface area contributed by atoms with Crippen molar-refractivity contribution in [1.29, 1.82) is 0 Å². The van der Waals surface area contributed by atoms with Crippen molar-refractivity contribution in [2.75, 3.05) is 45.3 Å². The average molecular weight is 553 g/mol. The maximum absolute atomic E-state index is 13.5. The highest BCUT2D eigenvalue weighted by Gasteiger charge is 2.22. The van der Waals surface area contributed by atoms with E-state index in [9.17, 15) is 13.9 Å². The van der Waals surface area contributed by atoms with Crippen LogP contribution in [0, 0.1) is 29.6 Å². The van der Waals surface area contributed by atoms with Crippen LogP contribution in [0.25, 0.3) is 11.1 Å². The number of anilines is 1. The summed E-state index contributed by atoms with van der Waals surface area (Å²) in [5.74, 6) is 13.0. The van der Waals surface area contributed by atoms with Crippen molar-refractivity contribution in [3.8, 4) is 40.6 Å². The number of morpholine rings is 1. The monoisotopic (exact) mass is 552 g/mol. The van der Waals surface area contributed by atoms with Crippen molar-refractivity contribution in [2.45, 2.75) is 25.5 Å². The van der Waals surface area contributed by atoms with E-state index in [0.29, 0.717) is 58.2 Å². The maximum Gasteiger partial charge on any atom is 0.280 e. The van der Waals surface area contributed by atoms with Gasteiger partial charge in [-0.25, -0.2) is 13.8 Å². The van der Waals surface area contributed by atoms with Gasteiger partial charge in [0.2, 0.25) is 5.13 Å². The Bertz CT molecular complexity index is 1430. The number of alkyl halides is 2. The molecule has 0 radical (unpaired) electrons. The number of methoxy groups -OCH3 is 1. The molecule has 4 heterocycles. The van der Waals surface area contributed by atoms with Gasteiger partial charge in [0.15, 0.2) is 11.2 Å². The highest BCUT2D eigenvalue weighted by Crippen LogP contribution is 2.37. The van der Waals surface area contributed by atoms with Crippen molar-refractivity contribution in [2.24, 2.45) is 5.92 Å². The van der Waals surface area contributed by atoms with Crippen LogP contribution in [-0.4, -0.2) is 70.1 Å². The first-order valence-electron chi connectivity index (χ1n) is 12.4. The molecule has 0 amide bonds. The molecule has 1 unspecified atom stereocenters. The second-order valence-electron chi connectivity index (χ2n) is 8.96. The molecule has 1 aliphatic heterocycles. The summed E-state index contributed by atoms with van der Waals surface area (Å²) in [4.78, 5) is 10.4. The first kappa shape index (κ1) is 26.9. The zero-order valence-electron chi connectivity index (χ0n) is 21.2. The molecule has 2 N–H and O–H groups in total. The second-order valence-corrected chi connectivity index (χ2v) is 9.94. The number of hydrogen-bond acceptors (Lipinski definition) is 10. The molecular weight excluding hydrogens is 526 g/mol. The van der Waals surface area contributed by atoms with Crippen molar-refractivity contribution in [3.63, 3.8) is 0 Å². The van der Waals surface area contributed by atoms with Crippen molar-refractivity contribution >= 4 is 16.5 Å². The molecule has 1 atom stereocenters. The molecule has 0 spiro atoms. The standard InChI is InChI=1S/C27H26F2N6O3S/c1-37-23-16-31-22(25(28)29)14-20(23)19-13-18(3-2-8-35-9-11-38-12-10-35)30-15-21(19)26(36)32-27-34-33-24(39-27)7-6-17-4-5-17/h13-17,25-26,36H,4-5,8-12H2,1H3,(H,32,34). The second kappa shape index (κ2) is 12.5. The summed E-state index contributed by atoms with van der Waals surface area (Å²) in [7, 11) is 1.42. The Morgan fingerprint density at radius 2 is 1.97 bits per heavy atom. The van der Waals surface area contributed by atoms with E-state index in [4.69, 9.17) is 9.47 Å². The Morgan fingerprint density at radius 3 is 2.72 bits per heavy atom. The third kappa shape index (κ3) is 7.05. The van der Waals surface area contributed by atoms with Crippen LogP contribution in [0.2, 0.25) is 0 Å². The van der Waals surface area contributed by atoms with Gasteiger partial charge in [0, 0.05) is 36.3 Å². The Kier molecular flexibility index (Phi) is 8.59. The molecule has 202 valence electrons. The molecule has 1 aliphatic carbocycles. The Morgan fingerprint density at radius 1 is 1.15 bits per heavy atom. The first-order chi connectivity index (χ1) is 19.0. The Hall–Kier alpha value is -3.68. The number of nitrogens with zero attached hydrogens (tertiary/aromatic N) is 5. The van der Waals surface area contributed by atoms with Crippen LogP contribution in [0.4, 0.5) is 13.9 Å². The third-order valence-electron chi connectivity index (χ3n) is 6.12. The summed E-state index contributed by atoms with van der Waals surface area (Å²) in [6.07, 6.45) is 0.832. The van der Waals surface area contributed by atoms with E-state index in [0.717, 1.165) is 25.9 Å². The lowest BCUT2D eigenvalue weighted by atomic mass is 9.98. The number of rotatable bonds is 7. The van der Waals surface area contributed by atoms with E-state index in [2.05, 4.69) is 54.1 Å². The normalized spacial score (nSPS) is 16.1. The zero-order chi connectivity index (χ0) is 27.2. The molecule has 0 aromatic carbocycles. The Labute approximate surface area is 228 Å². The summed E-state index contributed by atoms with van der Waals surface area (Å²) >= 11 is 1.21. The molecule has 1 saturated carbocycles. The largest absolute Gasteiger partial charge is 0.494 e. The third-order valence-corrected chi connectivity index (χ3v) is 6.89. The molecule has 1 saturated heterocycles. The first-order valence-corrected chi connectivity index (χ1v) is 13.2. The molecule has 5 rings (SSSR count). The van der Waals surface area contributed by atoms with Crippen LogP contribution in [0.15, 0.2) is 24.5 Å². The van der Waals surface area contributed by atoms with Gasteiger partial charge in [0.25, 0.3) is 6.43 Å². The number of hydrogen-bond donors (Lipinski definition) is 2. The Balaban J connectivity index is 1.46. The van der Waals surface area contributed by atoms with Gasteiger partial charge in [-0.3, -0.25) is 9.88 Å². The van der Waals surface area contributed by atoms with Gasteiger partial charge >= 0.3 is 0 Å². The minimum absolute atomic E-state index is 0.264. The summed E-state index contributed by atoms with van der Waals surface area (Å²) in [6, 6.07) is 2.89. The van der Waals surface area contributed by atoms with Crippen LogP contribution >= 0.6 is 11.3 Å². The highest BCUT2D eigenvalue weighted by atomic mass is 32.1. The number of aliphatic hydroxyl groups is 1. The van der Waals surface area contributed by atoms with Crippen molar-refractivity contribution in [3.05, 3.63) is 46.5 Å². The number of nitrogens with one attached hydrogen (secondary N) is 1. The lowest BCUT2D eigenvalue weighted by Crippen LogP contribution is -2.36. The van der Waals surface area contributed by atoms with Gasteiger partial charge in [0.1, 0.15) is 17.1 Å². The fourth-order valence-electron chi connectivity index (χ4n) is 3.86. The van der Waals surface area contributed by atoms with Gasteiger partial charge in [-0.05, 0) is 42.4 Å². The van der Waals surface area contributed by atoms with Crippen molar-refractivity contribution < 1.29 is 23.4 Å². The van der Waals surface area contributed by atoms with E-state index >= 15 is 0 Å². The van der Waals surface area contributed by atoms with Crippen molar-refractivity contribution in [1.82, 2.24) is 25.1 Å². The summed E-state index contributed by atoms with van der Waals surface area (Å²) in [5.41, 5.74) is 1.06. The van der Waals surface area contributed by atoms with E-state index in [-0.39, 0.29) is 5.75 Å². The lowest BCUT2D eigenvalue weighted by molar-refractivity contribution is 0.0443. The van der Waals surface area contributed by atoms with Gasteiger partial charge < -0.3 is 19.9 Å². The summed E-state index contributed by atoms with van der Waals surface area (Å²) in [6.45, 7) is 3.48. The predicted octanol–water partition coefficient (Wildman–Crippen LogP) is 3.49. The van der Waals surface area contributed by atoms with E-state index in [1.807, 2.05) is 0 Å². The highest BCUT2D eigenvalue weighted by molar-refractivity contribution is 7.15. The van der Waals surface area contributed by atoms with E-state index in [1.54, 1.807) is 6.07 Å². The zero-order valence-corrected chi connectivity index (χ0v) is 22.0. The minimum Gasteiger partial charge on any atom is -0.494 e. The fraction of sp³-hybridized carbons (Fsp3) is 0.407. The maximum atomic E-state index is 13.5. The molecule has 2 fully saturated rings. The topological polar surface area (TPSA) is 106 Å². The summed E-state index contributed by atoms with van der Waals surface area (Å²) < 4.78 is 37.9. The number of halogens is 2. The van der Waals surface area contributed by atoms with Gasteiger partial charge in [-0.15, -0.1) is 10.2 Å². The quantitative estimate of drug-likeness (QED) is 0.337. The molecule has 12 heteroatoms. The smallest absolute Gasteiger partial charge is 0.280 e. The van der Waals surface area contributed by atoms with Crippen LogP contribution in [0.1, 0.15) is 47.5 Å². The predicted molar refractivity (Wildman–Crippen MR) is 141 cm³/mol. The summed E-state index contributed by atoms with van der Waals surface area (Å²) in [5, 5.41) is 23.0. The molecule has 3 aromatic heterocycles. The van der Waals surface area contributed by atoms with Crippen LogP contribution in [0.5, 0.6) is 5.75 Å². The number of ether oxygens (including phenoxy) is 2. The SMILES string of the molecule is COc1cnc(C(F)F)cc1-c1cc(C#CCN2CCOCC2)ncc1C(O)Nc1nnc(C#CC2CC2)s1. The minimum atomic E-state index is -2.78. The average Bonchev–Trinajstić information content (AvgIpc) is 3.69. The molecule has 39 heavy (non-hydrogen) atoms. The molecule has 0 bridgehead atoms. The van der Waals surface area contributed by atoms with Crippen LogP contribution in [0.3, 0.4) is 0 Å². The van der Waals surface area contributed by atoms with E-state index in [1.165, 1.54) is 36.9 Å². The molecular formula is C27H26F2N6O3S. The van der Waals surface area contributed by atoms with Crippen LogP contribution in [-0.2, 0) is 4.74 Å². The molecule has 3 aromatic rings. The number of aromatic nitrogens is 4. The fourth-order valence-corrected chi connectivity index (χ4v) is 4.48. The van der Waals surface area contributed by atoms with Gasteiger partial charge in [-0.1, -0.05) is 23.2 Å². The van der Waals surface area contributed by atoms with E-state index < -0.39 is 18.3 Å². The lowest BCUT2D eigenvalue weighted by Gasteiger charge is -2.24.